The standard InChI is InChI=1S/C15H21ClN2O3S/c1-3-21-14-4-6-15(7-5-14)22(19,20)18-10-8-17(9-11-18)12-13(2)16/h4-7H,2-3,8-12H2,1H3. The van der Waals surface area contributed by atoms with Gasteiger partial charge in [-0.3, -0.25) is 4.90 Å². The quantitative estimate of drug-likeness (QED) is 0.793. The van der Waals surface area contributed by atoms with Crippen molar-refractivity contribution < 1.29 is 13.2 Å². The molecule has 0 radical (unpaired) electrons. The van der Waals surface area contributed by atoms with Gasteiger partial charge in [0.05, 0.1) is 11.5 Å². The first-order valence-electron chi connectivity index (χ1n) is 7.22. The van der Waals surface area contributed by atoms with Crippen LogP contribution in [0.15, 0.2) is 40.8 Å². The normalized spacial score (nSPS) is 17.4. The van der Waals surface area contributed by atoms with Gasteiger partial charge < -0.3 is 4.74 Å². The van der Waals surface area contributed by atoms with Crippen molar-refractivity contribution in [1.82, 2.24) is 9.21 Å². The van der Waals surface area contributed by atoms with Gasteiger partial charge >= 0.3 is 0 Å². The molecular weight excluding hydrogens is 324 g/mol. The van der Waals surface area contributed by atoms with E-state index < -0.39 is 10.0 Å². The van der Waals surface area contributed by atoms with Gasteiger partial charge in [-0.1, -0.05) is 18.2 Å². The molecule has 22 heavy (non-hydrogen) atoms. The molecule has 0 saturated carbocycles. The van der Waals surface area contributed by atoms with Crippen LogP contribution in [0.5, 0.6) is 5.75 Å². The van der Waals surface area contributed by atoms with Crippen molar-refractivity contribution >= 4 is 21.6 Å². The van der Waals surface area contributed by atoms with Crippen molar-refractivity contribution in [2.24, 2.45) is 0 Å². The number of rotatable bonds is 6. The molecule has 0 atom stereocenters. The minimum atomic E-state index is -3.45. The number of hydrogen-bond donors (Lipinski definition) is 0. The zero-order valence-corrected chi connectivity index (χ0v) is 14.2. The Hall–Kier alpha value is -1.08. The first-order chi connectivity index (χ1) is 10.4. The van der Waals surface area contributed by atoms with Gasteiger partial charge in [0.2, 0.25) is 10.0 Å². The van der Waals surface area contributed by atoms with Crippen LogP contribution in [0.25, 0.3) is 0 Å². The molecule has 1 aromatic carbocycles. The molecule has 1 fully saturated rings. The molecule has 1 saturated heterocycles. The molecule has 0 aliphatic carbocycles. The minimum absolute atomic E-state index is 0.297. The summed E-state index contributed by atoms with van der Waals surface area (Å²) < 4.78 is 32.1. The van der Waals surface area contributed by atoms with Crippen molar-refractivity contribution in [3.05, 3.63) is 35.9 Å². The Morgan fingerprint density at radius 2 is 1.82 bits per heavy atom. The summed E-state index contributed by atoms with van der Waals surface area (Å²) in [7, 11) is -3.45. The van der Waals surface area contributed by atoms with Gasteiger partial charge in [0.15, 0.2) is 0 Å². The summed E-state index contributed by atoms with van der Waals surface area (Å²) >= 11 is 5.79. The number of ether oxygens (including phenoxy) is 1. The molecule has 1 aliphatic heterocycles. The lowest BCUT2D eigenvalue weighted by Crippen LogP contribution is -2.48. The second-order valence-corrected chi connectivity index (χ2v) is 7.57. The monoisotopic (exact) mass is 344 g/mol. The van der Waals surface area contributed by atoms with E-state index in [-0.39, 0.29) is 0 Å². The number of sulfonamides is 1. The maximum Gasteiger partial charge on any atom is 0.243 e. The maximum atomic E-state index is 12.6. The molecule has 0 aromatic heterocycles. The first kappa shape index (κ1) is 17.3. The van der Waals surface area contributed by atoms with Crippen LogP contribution in [-0.4, -0.2) is 57.0 Å². The average molecular weight is 345 g/mol. The van der Waals surface area contributed by atoms with Crippen LogP contribution < -0.4 is 4.74 Å². The third-order valence-electron chi connectivity index (χ3n) is 3.50. The van der Waals surface area contributed by atoms with Gasteiger partial charge in [0.25, 0.3) is 0 Å². The van der Waals surface area contributed by atoms with E-state index in [1.54, 1.807) is 24.3 Å². The molecule has 1 aliphatic rings. The molecule has 1 aromatic rings. The molecule has 0 spiro atoms. The van der Waals surface area contributed by atoms with Crippen LogP contribution in [0, 0.1) is 0 Å². The molecular formula is C15H21ClN2O3S. The van der Waals surface area contributed by atoms with E-state index >= 15 is 0 Å². The van der Waals surface area contributed by atoms with E-state index in [0.29, 0.717) is 55.0 Å². The van der Waals surface area contributed by atoms with Crippen LogP contribution in [0.2, 0.25) is 0 Å². The molecule has 0 bridgehead atoms. The van der Waals surface area contributed by atoms with Gasteiger partial charge in [-0.05, 0) is 31.2 Å². The summed E-state index contributed by atoms with van der Waals surface area (Å²) in [5.74, 6) is 0.673. The Balaban J connectivity index is 2.03. The zero-order chi connectivity index (χ0) is 16.2. The van der Waals surface area contributed by atoms with Crippen molar-refractivity contribution in [2.45, 2.75) is 11.8 Å². The van der Waals surface area contributed by atoms with Gasteiger partial charge in [-0.25, -0.2) is 8.42 Å². The average Bonchev–Trinajstić information content (AvgIpc) is 2.48. The molecule has 5 nitrogen and oxygen atoms in total. The van der Waals surface area contributed by atoms with Gasteiger partial charge in [-0.15, -0.1) is 0 Å². The predicted molar refractivity (Wildman–Crippen MR) is 87.8 cm³/mol. The largest absolute Gasteiger partial charge is 0.494 e. The Bertz CT molecular complexity index is 608. The number of nitrogens with zero attached hydrogens (tertiary/aromatic N) is 2. The molecule has 0 unspecified atom stereocenters. The minimum Gasteiger partial charge on any atom is -0.494 e. The maximum absolute atomic E-state index is 12.6. The zero-order valence-electron chi connectivity index (χ0n) is 12.7. The lowest BCUT2D eigenvalue weighted by atomic mass is 10.3. The lowest BCUT2D eigenvalue weighted by molar-refractivity contribution is 0.203. The third kappa shape index (κ3) is 4.23. The van der Waals surface area contributed by atoms with Crippen LogP contribution in [-0.2, 0) is 10.0 Å². The molecule has 2 rings (SSSR count). The fourth-order valence-corrected chi connectivity index (χ4v) is 3.99. The number of benzene rings is 1. The highest BCUT2D eigenvalue weighted by Crippen LogP contribution is 2.21. The van der Waals surface area contributed by atoms with E-state index in [0.717, 1.165) is 0 Å². The summed E-state index contributed by atoms with van der Waals surface area (Å²) in [6.45, 7) is 8.93. The molecule has 7 heteroatoms. The smallest absolute Gasteiger partial charge is 0.243 e. The molecule has 1 heterocycles. The highest BCUT2D eigenvalue weighted by Gasteiger charge is 2.28. The Morgan fingerprint density at radius 3 is 2.32 bits per heavy atom. The summed E-state index contributed by atoms with van der Waals surface area (Å²) in [4.78, 5) is 2.39. The van der Waals surface area contributed by atoms with Crippen LogP contribution in [0.3, 0.4) is 0 Å². The second-order valence-electron chi connectivity index (χ2n) is 5.10. The molecule has 122 valence electrons. The van der Waals surface area contributed by atoms with E-state index in [1.165, 1.54) is 4.31 Å². The first-order valence-corrected chi connectivity index (χ1v) is 9.04. The van der Waals surface area contributed by atoms with Crippen LogP contribution in [0.1, 0.15) is 6.92 Å². The summed E-state index contributed by atoms with van der Waals surface area (Å²) in [5, 5.41) is 0.572. The van der Waals surface area contributed by atoms with Crippen molar-refractivity contribution in [2.75, 3.05) is 39.3 Å². The SMILES string of the molecule is C=C(Cl)CN1CCN(S(=O)(=O)c2ccc(OCC)cc2)CC1. The molecule has 0 N–H and O–H groups in total. The van der Waals surface area contributed by atoms with Gasteiger partial charge in [-0.2, -0.15) is 4.31 Å². The predicted octanol–water partition coefficient (Wildman–Crippen LogP) is 2.14. The fourth-order valence-electron chi connectivity index (χ4n) is 2.39. The van der Waals surface area contributed by atoms with Gasteiger partial charge in [0.1, 0.15) is 5.75 Å². The summed E-state index contributed by atoms with van der Waals surface area (Å²) in [6.07, 6.45) is 0. The Kier molecular flexibility index (Phi) is 5.86. The molecule has 0 amide bonds. The number of halogens is 1. The summed E-state index contributed by atoms with van der Waals surface area (Å²) in [5.41, 5.74) is 0. The third-order valence-corrected chi connectivity index (χ3v) is 5.53. The van der Waals surface area contributed by atoms with E-state index in [1.807, 2.05) is 6.92 Å². The van der Waals surface area contributed by atoms with Crippen molar-refractivity contribution in [3.63, 3.8) is 0 Å². The number of piperazine rings is 1. The summed E-state index contributed by atoms with van der Waals surface area (Å²) in [6, 6.07) is 6.55. The van der Waals surface area contributed by atoms with E-state index in [4.69, 9.17) is 16.3 Å². The van der Waals surface area contributed by atoms with E-state index in [2.05, 4.69) is 11.5 Å². The number of hydrogen-bond acceptors (Lipinski definition) is 4. The highest BCUT2D eigenvalue weighted by atomic mass is 35.5. The van der Waals surface area contributed by atoms with Crippen molar-refractivity contribution in [1.29, 1.82) is 0 Å². The highest BCUT2D eigenvalue weighted by molar-refractivity contribution is 7.89. The van der Waals surface area contributed by atoms with Crippen LogP contribution >= 0.6 is 11.6 Å². The Morgan fingerprint density at radius 1 is 1.23 bits per heavy atom. The lowest BCUT2D eigenvalue weighted by Gasteiger charge is -2.33. The topological polar surface area (TPSA) is 49.9 Å². The van der Waals surface area contributed by atoms with Crippen molar-refractivity contribution in [3.8, 4) is 5.75 Å². The fraction of sp³-hybridized carbons (Fsp3) is 0.467. The van der Waals surface area contributed by atoms with E-state index in [9.17, 15) is 8.42 Å². The van der Waals surface area contributed by atoms with Gasteiger partial charge in [0, 0.05) is 37.8 Å². The Labute approximate surface area is 137 Å². The van der Waals surface area contributed by atoms with Crippen LogP contribution in [0.4, 0.5) is 0 Å². The second kappa shape index (κ2) is 7.46.